The van der Waals surface area contributed by atoms with Gasteiger partial charge >= 0.3 is 0 Å². The molecule has 0 aromatic heterocycles. The van der Waals surface area contributed by atoms with E-state index < -0.39 is 0 Å². The Balaban J connectivity index is 1.98. The molecule has 0 fully saturated rings. The van der Waals surface area contributed by atoms with Gasteiger partial charge in [-0.05, 0) is 35.1 Å². The lowest BCUT2D eigenvalue weighted by atomic mass is 9.86. The van der Waals surface area contributed by atoms with Crippen molar-refractivity contribution in [1.82, 2.24) is 5.32 Å². The Morgan fingerprint density at radius 2 is 1.70 bits per heavy atom. The zero-order valence-electron chi connectivity index (χ0n) is 14.2. The number of halogens is 1. The maximum absolute atomic E-state index is 12.2. The molecule has 0 aliphatic carbocycles. The van der Waals surface area contributed by atoms with E-state index in [1.54, 1.807) is 0 Å². The number of hydrogen-bond acceptors (Lipinski definition) is 1. The van der Waals surface area contributed by atoms with E-state index in [9.17, 15) is 4.79 Å². The predicted molar refractivity (Wildman–Crippen MR) is 96.9 cm³/mol. The highest BCUT2D eigenvalue weighted by Crippen LogP contribution is 2.23. The highest BCUT2D eigenvalue weighted by atomic mass is 35.5. The molecule has 1 amide bonds. The summed E-state index contributed by atoms with van der Waals surface area (Å²) in [5, 5.41) is 3.68. The minimum atomic E-state index is -0.106. The number of carbonyl (C=O) groups excluding carboxylic acids is 1. The van der Waals surface area contributed by atoms with Crippen LogP contribution in [0.3, 0.4) is 0 Å². The molecule has 2 nitrogen and oxygen atoms in total. The fourth-order valence-corrected chi connectivity index (χ4v) is 2.80. The quantitative estimate of drug-likeness (QED) is 0.834. The number of carbonyl (C=O) groups is 1. The van der Waals surface area contributed by atoms with Gasteiger partial charge < -0.3 is 5.32 Å². The van der Waals surface area contributed by atoms with Crippen molar-refractivity contribution in [1.29, 1.82) is 0 Å². The van der Waals surface area contributed by atoms with Crippen molar-refractivity contribution in [2.45, 2.75) is 45.6 Å². The molecule has 0 bridgehead atoms. The molecule has 0 saturated carbocycles. The van der Waals surface area contributed by atoms with Crippen LogP contribution in [0.25, 0.3) is 0 Å². The van der Waals surface area contributed by atoms with Gasteiger partial charge in [0.05, 0.1) is 12.5 Å². The molecule has 2 aromatic carbocycles. The lowest BCUT2D eigenvalue weighted by Crippen LogP contribution is -2.28. The van der Waals surface area contributed by atoms with Gasteiger partial charge in [-0.1, -0.05) is 74.8 Å². The Morgan fingerprint density at radius 3 is 2.26 bits per heavy atom. The van der Waals surface area contributed by atoms with E-state index in [1.165, 1.54) is 5.56 Å². The summed E-state index contributed by atoms with van der Waals surface area (Å²) in [6.45, 7) is 8.49. The van der Waals surface area contributed by atoms with Crippen LogP contribution in [0.4, 0.5) is 0 Å². The van der Waals surface area contributed by atoms with Crippen LogP contribution in [0.1, 0.15) is 50.4 Å². The first-order valence-electron chi connectivity index (χ1n) is 7.90. The van der Waals surface area contributed by atoms with Crippen molar-refractivity contribution >= 4 is 17.5 Å². The van der Waals surface area contributed by atoms with Gasteiger partial charge in [-0.15, -0.1) is 0 Å². The fraction of sp³-hybridized carbons (Fsp3) is 0.350. The van der Waals surface area contributed by atoms with Crippen LogP contribution in [0, 0.1) is 0 Å². The molecule has 2 rings (SSSR count). The second kappa shape index (κ2) is 7.18. The summed E-state index contributed by atoms with van der Waals surface area (Å²) in [5.41, 5.74) is 3.35. The zero-order chi connectivity index (χ0) is 17.0. The summed E-state index contributed by atoms with van der Waals surface area (Å²) in [6, 6.07) is 15.7. The van der Waals surface area contributed by atoms with Gasteiger partial charge in [-0.2, -0.15) is 0 Å². The molecule has 0 radical (unpaired) electrons. The molecule has 23 heavy (non-hydrogen) atoms. The number of hydrogen-bond donors (Lipinski definition) is 1. The lowest BCUT2D eigenvalue weighted by molar-refractivity contribution is -0.121. The van der Waals surface area contributed by atoms with Crippen LogP contribution in [-0.2, 0) is 16.6 Å². The van der Waals surface area contributed by atoms with Gasteiger partial charge in [0.15, 0.2) is 0 Å². The average molecular weight is 330 g/mol. The third-order valence-electron chi connectivity index (χ3n) is 3.93. The van der Waals surface area contributed by atoms with Crippen molar-refractivity contribution in [3.05, 3.63) is 70.2 Å². The SMILES string of the molecule is CC(NC(=O)Cc1ccc(C(C)(C)C)cc1)c1ccccc1Cl. The smallest absolute Gasteiger partial charge is 0.224 e. The van der Waals surface area contributed by atoms with Crippen LogP contribution >= 0.6 is 11.6 Å². The Morgan fingerprint density at radius 1 is 1.09 bits per heavy atom. The van der Waals surface area contributed by atoms with Crippen molar-refractivity contribution in [3.8, 4) is 0 Å². The van der Waals surface area contributed by atoms with E-state index >= 15 is 0 Å². The Labute approximate surface area is 143 Å². The van der Waals surface area contributed by atoms with Crippen molar-refractivity contribution < 1.29 is 4.79 Å². The van der Waals surface area contributed by atoms with Crippen LogP contribution in [0.5, 0.6) is 0 Å². The number of nitrogens with one attached hydrogen (secondary N) is 1. The normalized spacial score (nSPS) is 12.7. The molecule has 0 saturated heterocycles. The van der Waals surface area contributed by atoms with Crippen LogP contribution in [0.15, 0.2) is 48.5 Å². The van der Waals surface area contributed by atoms with E-state index in [0.29, 0.717) is 11.4 Å². The molecule has 0 aliphatic heterocycles. The third-order valence-corrected chi connectivity index (χ3v) is 4.28. The minimum Gasteiger partial charge on any atom is -0.349 e. The summed E-state index contributed by atoms with van der Waals surface area (Å²) in [4.78, 5) is 12.2. The highest BCUT2D eigenvalue weighted by molar-refractivity contribution is 6.31. The first-order valence-corrected chi connectivity index (χ1v) is 8.28. The largest absolute Gasteiger partial charge is 0.349 e. The predicted octanol–water partition coefficient (Wildman–Crippen LogP) is 5.06. The van der Waals surface area contributed by atoms with Crippen LogP contribution < -0.4 is 5.32 Å². The van der Waals surface area contributed by atoms with Gasteiger partial charge in [0.25, 0.3) is 0 Å². The van der Waals surface area contributed by atoms with Crippen molar-refractivity contribution in [2.75, 3.05) is 0 Å². The number of amides is 1. The fourth-order valence-electron chi connectivity index (χ4n) is 2.50. The Hall–Kier alpha value is -1.80. The van der Waals surface area contributed by atoms with Crippen LogP contribution in [-0.4, -0.2) is 5.91 Å². The number of rotatable bonds is 4. The van der Waals surface area contributed by atoms with E-state index in [2.05, 4.69) is 38.2 Å². The maximum atomic E-state index is 12.2. The van der Waals surface area contributed by atoms with Gasteiger partial charge in [0.1, 0.15) is 0 Å². The molecule has 1 unspecified atom stereocenters. The Bertz CT molecular complexity index is 671. The molecule has 1 N–H and O–H groups in total. The molecular formula is C20H24ClNO. The van der Waals surface area contributed by atoms with Gasteiger partial charge in [0, 0.05) is 5.02 Å². The molecule has 1 atom stereocenters. The minimum absolute atomic E-state index is 0.000860. The first kappa shape index (κ1) is 17.6. The average Bonchev–Trinajstić information content (AvgIpc) is 2.47. The molecular weight excluding hydrogens is 306 g/mol. The number of benzene rings is 2. The van der Waals surface area contributed by atoms with Crippen LogP contribution in [0.2, 0.25) is 5.02 Å². The summed E-state index contributed by atoms with van der Waals surface area (Å²) >= 11 is 6.17. The summed E-state index contributed by atoms with van der Waals surface area (Å²) in [7, 11) is 0. The summed E-state index contributed by atoms with van der Waals surface area (Å²) in [6.07, 6.45) is 0.374. The van der Waals surface area contributed by atoms with E-state index in [1.807, 2.05) is 43.3 Å². The Kier molecular flexibility index (Phi) is 5.48. The second-order valence-corrected chi connectivity index (χ2v) is 7.34. The standard InChI is InChI=1S/C20H24ClNO/c1-14(17-7-5-6-8-18(17)21)22-19(23)13-15-9-11-16(12-10-15)20(2,3)4/h5-12,14H,13H2,1-4H3,(H,22,23). The molecule has 0 aliphatic rings. The molecule has 3 heteroatoms. The van der Waals surface area contributed by atoms with Crippen molar-refractivity contribution in [2.24, 2.45) is 0 Å². The second-order valence-electron chi connectivity index (χ2n) is 6.93. The van der Waals surface area contributed by atoms with Gasteiger partial charge in [-0.3, -0.25) is 4.79 Å². The lowest BCUT2D eigenvalue weighted by Gasteiger charge is -2.19. The highest BCUT2D eigenvalue weighted by Gasteiger charge is 2.15. The molecule has 122 valence electrons. The summed E-state index contributed by atoms with van der Waals surface area (Å²) < 4.78 is 0. The van der Waals surface area contributed by atoms with E-state index in [0.717, 1.165) is 11.1 Å². The molecule has 2 aromatic rings. The summed E-state index contributed by atoms with van der Waals surface area (Å²) in [5.74, 6) is 0.000860. The maximum Gasteiger partial charge on any atom is 0.224 e. The van der Waals surface area contributed by atoms with Gasteiger partial charge in [-0.25, -0.2) is 0 Å². The first-order chi connectivity index (χ1) is 10.8. The molecule has 0 heterocycles. The zero-order valence-corrected chi connectivity index (χ0v) is 14.9. The van der Waals surface area contributed by atoms with E-state index in [-0.39, 0.29) is 17.4 Å². The van der Waals surface area contributed by atoms with E-state index in [4.69, 9.17) is 11.6 Å². The van der Waals surface area contributed by atoms with Crippen molar-refractivity contribution in [3.63, 3.8) is 0 Å². The third kappa shape index (κ3) is 4.84. The van der Waals surface area contributed by atoms with Gasteiger partial charge in [0.2, 0.25) is 5.91 Å². The molecule has 0 spiro atoms. The monoisotopic (exact) mass is 329 g/mol. The topological polar surface area (TPSA) is 29.1 Å².